The fourth-order valence-corrected chi connectivity index (χ4v) is 1.47. The number of carbonyl (C=O) groups excluding carboxylic acids is 3. The van der Waals surface area contributed by atoms with Crippen molar-refractivity contribution >= 4 is 23.5 Å². The van der Waals surface area contributed by atoms with Crippen LogP contribution in [0.25, 0.3) is 0 Å². The molecular formula is C14H18N2O5. The van der Waals surface area contributed by atoms with Crippen molar-refractivity contribution in [3.8, 4) is 0 Å². The highest BCUT2D eigenvalue weighted by atomic mass is 16.6. The number of ether oxygens (including phenoxy) is 2. The summed E-state index contributed by atoms with van der Waals surface area (Å²) in [6.45, 7) is 0.496. The highest BCUT2D eigenvalue weighted by Crippen LogP contribution is 2.10. The maximum Gasteiger partial charge on any atom is 0.306 e. The van der Waals surface area contributed by atoms with Gasteiger partial charge in [0, 0.05) is 24.8 Å². The van der Waals surface area contributed by atoms with Gasteiger partial charge in [0.15, 0.2) is 0 Å². The standard InChI is InChI=1S/C14H18N2O5/c1-20-8-9-21-13(18)7-6-12(17)16-11-4-2-10(3-5-11)14(15)19/h2-5H,6-9H2,1H3,(H2,15,19)(H,16,17). The first-order valence-corrected chi connectivity index (χ1v) is 6.37. The lowest BCUT2D eigenvalue weighted by molar-refractivity contribution is -0.145. The number of anilines is 1. The molecule has 0 aromatic heterocycles. The molecule has 0 fully saturated rings. The van der Waals surface area contributed by atoms with Gasteiger partial charge in [-0.1, -0.05) is 0 Å². The lowest BCUT2D eigenvalue weighted by Crippen LogP contribution is -2.16. The molecule has 0 unspecified atom stereocenters. The van der Waals surface area contributed by atoms with Crippen LogP contribution in [0.2, 0.25) is 0 Å². The number of nitrogens with two attached hydrogens (primary N) is 1. The van der Waals surface area contributed by atoms with E-state index in [1.807, 2.05) is 0 Å². The Morgan fingerprint density at radius 2 is 1.76 bits per heavy atom. The molecule has 7 heteroatoms. The van der Waals surface area contributed by atoms with E-state index in [2.05, 4.69) is 5.32 Å². The summed E-state index contributed by atoms with van der Waals surface area (Å²) in [6.07, 6.45) is 0.0122. The van der Waals surface area contributed by atoms with Crippen LogP contribution >= 0.6 is 0 Å². The molecule has 1 rings (SSSR count). The normalized spacial score (nSPS) is 9.95. The summed E-state index contributed by atoms with van der Waals surface area (Å²) in [5.74, 6) is -1.30. The summed E-state index contributed by atoms with van der Waals surface area (Å²) in [5, 5.41) is 2.61. The quantitative estimate of drug-likeness (QED) is 0.542. The number of benzene rings is 1. The summed E-state index contributed by atoms with van der Waals surface area (Å²) in [4.78, 5) is 33.8. The first-order valence-electron chi connectivity index (χ1n) is 6.37. The third-order valence-corrected chi connectivity index (χ3v) is 2.56. The van der Waals surface area contributed by atoms with E-state index in [1.165, 1.54) is 19.2 Å². The first-order chi connectivity index (χ1) is 10.0. The Kier molecular flexibility index (Phi) is 6.90. The van der Waals surface area contributed by atoms with Gasteiger partial charge >= 0.3 is 5.97 Å². The highest BCUT2D eigenvalue weighted by molar-refractivity contribution is 5.95. The zero-order chi connectivity index (χ0) is 15.7. The van der Waals surface area contributed by atoms with Gasteiger partial charge in [-0.05, 0) is 24.3 Å². The van der Waals surface area contributed by atoms with Crippen LogP contribution in [0.3, 0.4) is 0 Å². The Labute approximate surface area is 122 Å². The van der Waals surface area contributed by atoms with Gasteiger partial charge in [0.2, 0.25) is 11.8 Å². The molecule has 0 atom stereocenters. The number of rotatable bonds is 8. The molecule has 0 saturated carbocycles. The van der Waals surface area contributed by atoms with Crippen LogP contribution in [-0.4, -0.2) is 38.1 Å². The van der Waals surface area contributed by atoms with Gasteiger partial charge in [-0.25, -0.2) is 0 Å². The van der Waals surface area contributed by atoms with Crippen molar-refractivity contribution in [3.05, 3.63) is 29.8 Å². The largest absolute Gasteiger partial charge is 0.463 e. The maximum absolute atomic E-state index is 11.6. The van der Waals surface area contributed by atoms with Crippen molar-refractivity contribution in [1.82, 2.24) is 0 Å². The molecule has 1 aromatic carbocycles. The summed E-state index contributed by atoms with van der Waals surface area (Å²) in [5.41, 5.74) is 5.99. The number of methoxy groups -OCH3 is 1. The van der Waals surface area contributed by atoms with Crippen molar-refractivity contribution in [2.24, 2.45) is 5.73 Å². The van der Waals surface area contributed by atoms with E-state index in [0.717, 1.165) is 0 Å². The minimum absolute atomic E-state index is 0.00504. The molecular weight excluding hydrogens is 276 g/mol. The van der Waals surface area contributed by atoms with Gasteiger partial charge < -0.3 is 20.5 Å². The van der Waals surface area contributed by atoms with Gasteiger partial charge in [-0.2, -0.15) is 0 Å². The molecule has 0 saturated heterocycles. The molecule has 0 heterocycles. The van der Waals surface area contributed by atoms with Crippen molar-refractivity contribution < 1.29 is 23.9 Å². The smallest absolute Gasteiger partial charge is 0.306 e. The number of hydrogen-bond donors (Lipinski definition) is 2. The van der Waals surface area contributed by atoms with E-state index < -0.39 is 11.9 Å². The van der Waals surface area contributed by atoms with Crippen molar-refractivity contribution in [2.45, 2.75) is 12.8 Å². The molecule has 2 amide bonds. The van der Waals surface area contributed by atoms with E-state index >= 15 is 0 Å². The second-order valence-corrected chi connectivity index (χ2v) is 4.20. The molecule has 0 aliphatic carbocycles. The molecule has 0 radical (unpaired) electrons. The van der Waals surface area contributed by atoms with Crippen LogP contribution in [0.5, 0.6) is 0 Å². The van der Waals surface area contributed by atoms with Crippen molar-refractivity contribution in [1.29, 1.82) is 0 Å². The molecule has 0 spiro atoms. The van der Waals surface area contributed by atoms with E-state index in [1.54, 1.807) is 12.1 Å². The Bertz CT molecular complexity index is 499. The highest BCUT2D eigenvalue weighted by Gasteiger charge is 2.08. The fourth-order valence-electron chi connectivity index (χ4n) is 1.47. The van der Waals surface area contributed by atoms with Crippen LogP contribution in [0, 0.1) is 0 Å². The second kappa shape index (κ2) is 8.70. The van der Waals surface area contributed by atoms with E-state index in [4.69, 9.17) is 15.2 Å². The lowest BCUT2D eigenvalue weighted by atomic mass is 10.2. The Hall–Kier alpha value is -2.41. The third kappa shape index (κ3) is 6.53. The number of amides is 2. The van der Waals surface area contributed by atoms with Gasteiger partial charge in [-0.3, -0.25) is 14.4 Å². The van der Waals surface area contributed by atoms with Crippen molar-refractivity contribution in [3.63, 3.8) is 0 Å². The molecule has 21 heavy (non-hydrogen) atoms. The predicted octanol–water partition coefficient (Wildman–Crippen LogP) is 0.694. The zero-order valence-electron chi connectivity index (χ0n) is 11.8. The topological polar surface area (TPSA) is 108 Å². The van der Waals surface area contributed by atoms with Crippen LogP contribution in [0.1, 0.15) is 23.2 Å². The molecule has 114 valence electrons. The minimum atomic E-state index is -0.535. The molecule has 0 bridgehead atoms. The third-order valence-electron chi connectivity index (χ3n) is 2.56. The van der Waals surface area contributed by atoms with E-state index in [9.17, 15) is 14.4 Å². The summed E-state index contributed by atoms with van der Waals surface area (Å²) in [6, 6.07) is 6.15. The molecule has 7 nitrogen and oxygen atoms in total. The summed E-state index contributed by atoms with van der Waals surface area (Å²) in [7, 11) is 1.50. The average Bonchev–Trinajstić information content (AvgIpc) is 2.46. The minimum Gasteiger partial charge on any atom is -0.463 e. The zero-order valence-corrected chi connectivity index (χ0v) is 11.8. The molecule has 0 aliphatic rings. The lowest BCUT2D eigenvalue weighted by Gasteiger charge is -2.06. The van der Waals surface area contributed by atoms with Crippen LogP contribution in [-0.2, 0) is 19.1 Å². The summed E-state index contributed by atoms with van der Waals surface area (Å²) < 4.78 is 9.56. The van der Waals surface area contributed by atoms with E-state index in [-0.39, 0.29) is 25.4 Å². The number of carbonyl (C=O) groups is 3. The Morgan fingerprint density at radius 1 is 1.10 bits per heavy atom. The molecule has 0 aliphatic heterocycles. The predicted molar refractivity (Wildman–Crippen MR) is 75.7 cm³/mol. The van der Waals surface area contributed by atoms with Crippen molar-refractivity contribution in [2.75, 3.05) is 25.6 Å². The van der Waals surface area contributed by atoms with Crippen LogP contribution in [0.15, 0.2) is 24.3 Å². The number of nitrogens with one attached hydrogen (secondary N) is 1. The average molecular weight is 294 g/mol. The monoisotopic (exact) mass is 294 g/mol. The number of esters is 1. The molecule has 3 N–H and O–H groups in total. The maximum atomic E-state index is 11.6. The van der Waals surface area contributed by atoms with Gasteiger partial charge in [-0.15, -0.1) is 0 Å². The van der Waals surface area contributed by atoms with Gasteiger partial charge in [0.1, 0.15) is 6.61 Å². The first kappa shape index (κ1) is 16.6. The Balaban J connectivity index is 2.33. The van der Waals surface area contributed by atoms with Crippen LogP contribution < -0.4 is 11.1 Å². The fraction of sp³-hybridized carbons (Fsp3) is 0.357. The van der Waals surface area contributed by atoms with E-state index in [0.29, 0.717) is 17.9 Å². The number of primary amides is 1. The second-order valence-electron chi connectivity index (χ2n) is 4.20. The Morgan fingerprint density at radius 3 is 2.33 bits per heavy atom. The SMILES string of the molecule is COCCOC(=O)CCC(=O)Nc1ccc(C(N)=O)cc1. The van der Waals surface area contributed by atoms with Gasteiger partial charge in [0.05, 0.1) is 13.0 Å². The number of hydrogen-bond acceptors (Lipinski definition) is 5. The van der Waals surface area contributed by atoms with Gasteiger partial charge in [0.25, 0.3) is 0 Å². The summed E-state index contributed by atoms with van der Waals surface area (Å²) >= 11 is 0. The molecule has 1 aromatic rings. The van der Waals surface area contributed by atoms with Crippen LogP contribution in [0.4, 0.5) is 5.69 Å².